The fourth-order valence-electron chi connectivity index (χ4n) is 1.11. The molecule has 0 aromatic heterocycles. The third-order valence-electron chi connectivity index (χ3n) is 2.52. The van der Waals surface area contributed by atoms with Crippen molar-refractivity contribution in [2.24, 2.45) is 0 Å². The Balaban J connectivity index is 0.000000487. The molecule has 2 nitrogen and oxygen atoms in total. The van der Waals surface area contributed by atoms with E-state index >= 15 is 0 Å². The lowest BCUT2D eigenvalue weighted by molar-refractivity contribution is -0.328. The van der Waals surface area contributed by atoms with Gasteiger partial charge in [0.25, 0.3) is 22.6 Å². The number of halogens is 1. The molecule has 0 bridgehead atoms. The number of aliphatic carboxylic acids is 1. The number of carboxylic acids is 1. The van der Waals surface area contributed by atoms with E-state index in [1.165, 1.54) is 15.6 Å². The highest BCUT2D eigenvalue weighted by atomic mass is 127. The molecule has 1 aromatic rings. The number of carboxylic acid groups (broad SMARTS) is 1. The van der Waals surface area contributed by atoms with E-state index in [1.54, 1.807) is 0 Å². The highest BCUT2D eigenvalue weighted by molar-refractivity contribution is 5.60. The highest BCUT2D eigenvalue weighted by Crippen LogP contribution is 2.25. The zero-order valence-electron chi connectivity index (χ0n) is 10.2. The van der Waals surface area contributed by atoms with Gasteiger partial charge in [0.2, 0.25) is 0 Å². The van der Waals surface area contributed by atoms with Crippen LogP contribution in [0.1, 0.15) is 39.7 Å². The zero-order valence-corrected chi connectivity index (χ0v) is 12.6. The molecule has 0 aliphatic carbocycles. The molecule has 3 heteroatoms. The summed E-state index contributed by atoms with van der Waals surface area (Å²) in [5, 5.41) is 8.89. The van der Waals surface area contributed by atoms with E-state index in [1.807, 2.05) is 0 Å². The lowest BCUT2D eigenvalue weighted by Gasteiger charge is -2.22. The second-order valence-corrected chi connectivity index (χ2v) is 5.60. The SMILES string of the molecule is CC(=O)[O-].CCC(C)(C)c1ccc([IH+])cc1. The van der Waals surface area contributed by atoms with E-state index in [4.69, 9.17) is 9.90 Å². The average Bonchev–Trinajstić information content (AvgIpc) is 2.17. The summed E-state index contributed by atoms with van der Waals surface area (Å²) in [6.07, 6.45) is 1.19. The van der Waals surface area contributed by atoms with E-state index in [9.17, 15) is 0 Å². The van der Waals surface area contributed by atoms with Gasteiger partial charge in [0.1, 0.15) is 0 Å². The zero-order chi connectivity index (χ0) is 12.8. The molecule has 1 aromatic carbocycles. The number of benzene rings is 1. The number of carbonyl (C=O) groups is 1. The van der Waals surface area contributed by atoms with Gasteiger partial charge in [0.15, 0.2) is 3.57 Å². The van der Waals surface area contributed by atoms with Crippen molar-refractivity contribution in [2.75, 3.05) is 0 Å². The van der Waals surface area contributed by atoms with Crippen LogP contribution in [0.3, 0.4) is 0 Å². The lowest BCUT2D eigenvalue weighted by atomic mass is 9.82. The Hall–Kier alpha value is -0.580. The van der Waals surface area contributed by atoms with Crippen LogP contribution in [-0.4, -0.2) is 5.97 Å². The Kier molecular flexibility index (Phi) is 6.64. The normalized spacial score (nSPS) is 10.3. The predicted molar refractivity (Wildman–Crippen MR) is 60.5 cm³/mol. The van der Waals surface area contributed by atoms with Crippen molar-refractivity contribution in [3.05, 3.63) is 33.4 Å². The molecule has 0 spiro atoms. The molecule has 0 radical (unpaired) electrons. The summed E-state index contributed by atoms with van der Waals surface area (Å²) in [7, 11) is 0. The average molecular weight is 334 g/mol. The molecule has 0 heterocycles. The maximum absolute atomic E-state index is 8.89. The second-order valence-electron chi connectivity index (χ2n) is 4.25. The number of carbonyl (C=O) groups excluding carboxylic acids is 1. The smallest absolute Gasteiger partial charge is 0.296 e. The van der Waals surface area contributed by atoms with Crippen molar-refractivity contribution in [1.82, 2.24) is 0 Å². The van der Waals surface area contributed by atoms with Gasteiger partial charge in [0.05, 0.1) is 0 Å². The summed E-state index contributed by atoms with van der Waals surface area (Å²) in [4.78, 5) is 8.89. The van der Waals surface area contributed by atoms with Crippen LogP contribution < -0.4 is 27.7 Å². The quantitative estimate of drug-likeness (QED) is 0.624. The summed E-state index contributed by atoms with van der Waals surface area (Å²) in [6.45, 7) is 7.79. The molecule has 0 saturated heterocycles. The lowest BCUT2D eigenvalue weighted by Crippen LogP contribution is -3.34. The third-order valence-corrected chi connectivity index (χ3v) is 3.30. The molecule has 16 heavy (non-hydrogen) atoms. The van der Waals surface area contributed by atoms with Crippen LogP contribution in [-0.2, 0) is 10.2 Å². The van der Waals surface area contributed by atoms with Gasteiger partial charge >= 0.3 is 0 Å². The third kappa shape index (κ3) is 6.10. The molecule has 0 fully saturated rings. The predicted octanol–water partition coefficient (Wildman–Crippen LogP) is -1.41. The Labute approximate surface area is 111 Å². The van der Waals surface area contributed by atoms with Crippen molar-refractivity contribution in [3.63, 3.8) is 0 Å². The minimum atomic E-state index is -1.08. The van der Waals surface area contributed by atoms with Gasteiger partial charge in [-0.3, -0.25) is 0 Å². The summed E-state index contributed by atoms with van der Waals surface area (Å²) >= 11 is 2.06. The van der Waals surface area contributed by atoms with E-state index in [0.717, 1.165) is 6.92 Å². The van der Waals surface area contributed by atoms with Gasteiger partial charge in [-0.05, 0) is 36.5 Å². The van der Waals surface area contributed by atoms with Gasteiger partial charge in [-0.15, -0.1) is 0 Å². The molecular weight excluding hydrogens is 315 g/mol. The molecule has 0 saturated carbocycles. The fourth-order valence-corrected chi connectivity index (χ4v) is 1.50. The molecular formula is C13H19IO2. The van der Waals surface area contributed by atoms with Gasteiger partial charge in [-0.1, -0.05) is 32.9 Å². The van der Waals surface area contributed by atoms with Crippen molar-refractivity contribution in [2.45, 2.75) is 39.5 Å². The molecule has 1 rings (SSSR count). The van der Waals surface area contributed by atoms with Crippen molar-refractivity contribution in [1.29, 1.82) is 0 Å². The monoisotopic (exact) mass is 334 g/mol. The molecule has 0 aliphatic rings. The van der Waals surface area contributed by atoms with E-state index < -0.39 is 5.97 Å². The molecule has 0 aliphatic heterocycles. The van der Waals surface area contributed by atoms with Crippen molar-refractivity contribution in [3.8, 4) is 0 Å². The van der Waals surface area contributed by atoms with Crippen molar-refractivity contribution >= 4 is 5.97 Å². The first-order valence-electron chi connectivity index (χ1n) is 5.24. The van der Waals surface area contributed by atoms with Gasteiger partial charge in [-0.2, -0.15) is 0 Å². The minimum Gasteiger partial charge on any atom is -0.550 e. The summed E-state index contributed by atoms with van der Waals surface area (Å²) < 4.78 is 1.35. The van der Waals surface area contributed by atoms with E-state index in [0.29, 0.717) is 5.41 Å². The summed E-state index contributed by atoms with van der Waals surface area (Å²) in [5.74, 6) is -1.08. The van der Waals surface area contributed by atoms with Crippen LogP contribution in [0.15, 0.2) is 24.3 Å². The number of hydrogen-bond donors (Lipinski definition) is 0. The maximum Gasteiger partial charge on any atom is 0.296 e. The second kappa shape index (κ2) is 6.89. The first-order chi connectivity index (χ1) is 7.29. The number of rotatable bonds is 2. The Morgan fingerprint density at radius 3 is 2.00 bits per heavy atom. The largest absolute Gasteiger partial charge is 0.550 e. The van der Waals surface area contributed by atoms with E-state index in [2.05, 4.69) is 67.6 Å². The molecule has 0 unspecified atom stereocenters. The van der Waals surface area contributed by atoms with Crippen LogP contribution >= 0.6 is 0 Å². The van der Waals surface area contributed by atoms with Crippen LogP contribution in [0.2, 0.25) is 0 Å². The van der Waals surface area contributed by atoms with E-state index in [-0.39, 0.29) is 0 Å². The van der Waals surface area contributed by atoms with Crippen molar-refractivity contribution < 1.29 is 32.5 Å². The summed E-state index contributed by atoms with van der Waals surface area (Å²) in [5.41, 5.74) is 1.77. The van der Waals surface area contributed by atoms with Gasteiger partial charge < -0.3 is 9.90 Å². The molecule has 0 N–H and O–H groups in total. The Morgan fingerprint density at radius 1 is 1.31 bits per heavy atom. The number of hydrogen-bond acceptors (Lipinski definition) is 2. The topological polar surface area (TPSA) is 40.1 Å². The van der Waals surface area contributed by atoms with Crippen LogP contribution in [0.5, 0.6) is 0 Å². The first kappa shape index (κ1) is 15.4. The maximum atomic E-state index is 8.89. The van der Waals surface area contributed by atoms with Crippen LogP contribution in [0, 0.1) is 3.57 Å². The molecule has 90 valence electrons. The van der Waals surface area contributed by atoms with Gasteiger partial charge in [0, 0.05) is 5.97 Å². The Bertz CT molecular complexity index is 324. The molecule has 0 atom stereocenters. The van der Waals surface area contributed by atoms with Gasteiger partial charge in [-0.25, -0.2) is 0 Å². The Morgan fingerprint density at radius 2 is 1.69 bits per heavy atom. The minimum absolute atomic E-state index is 0.328. The first-order valence-corrected chi connectivity index (χ1v) is 6.41. The standard InChI is InChI=1S/C11H16I.C2H4O2/c1-4-11(2,3)9-5-7-10(12)8-6-9;1-2(3)4/h5-8,12H,4H2,1-3H3;1H3,(H,3,4)/q+1;/p-1. The fraction of sp³-hybridized carbons (Fsp3) is 0.462. The molecule has 0 amide bonds. The van der Waals surface area contributed by atoms with Crippen LogP contribution in [0.25, 0.3) is 0 Å². The highest BCUT2D eigenvalue weighted by Gasteiger charge is 2.17. The van der Waals surface area contributed by atoms with Crippen LogP contribution in [0.4, 0.5) is 0 Å². The summed E-state index contributed by atoms with van der Waals surface area (Å²) in [6, 6.07) is 8.86.